The molecule has 1 atom stereocenters. The standard InChI is InChI=1S/C10H14N6O/c1-7-2-3-13-6-8(7)9(10(11)17)14-4-5-15-16-12/h2-3,6,9,14H,4-5H2,1H3,(H2,11,17). The third-order valence-electron chi connectivity index (χ3n) is 2.30. The van der Waals surface area contributed by atoms with Gasteiger partial charge in [0.1, 0.15) is 6.04 Å². The number of aryl methyl sites for hydroxylation is 1. The van der Waals surface area contributed by atoms with E-state index in [4.69, 9.17) is 11.3 Å². The van der Waals surface area contributed by atoms with Crippen LogP contribution in [-0.2, 0) is 4.79 Å². The molecule has 7 heteroatoms. The predicted molar refractivity (Wildman–Crippen MR) is 62.9 cm³/mol. The number of azide groups is 1. The zero-order chi connectivity index (χ0) is 12.7. The molecule has 1 unspecified atom stereocenters. The van der Waals surface area contributed by atoms with Gasteiger partial charge >= 0.3 is 0 Å². The minimum absolute atomic E-state index is 0.263. The lowest BCUT2D eigenvalue weighted by Crippen LogP contribution is -2.35. The average Bonchev–Trinajstić information content (AvgIpc) is 2.30. The molecule has 1 aromatic heterocycles. The Kier molecular flexibility index (Phi) is 4.93. The third kappa shape index (κ3) is 3.75. The normalized spacial score (nSPS) is 11.6. The van der Waals surface area contributed by atoms with Crippen molar-refractivity contribution in [2.24, 2.45) is 10.8 Å². The van der Waals surface area contributed by atoms with Crippen molar-refractivity contribution in [3.63, 3.8) is 0 Å². The molecule has 0 aromatic carbocycles. The van der Waals surface area contributed by atoms with Gasteiger partial charge in [-0.15, -0.1) is 0 Å². The minimum Gasteiger partial charge on any atom is -0.368 e. The van der Waals surface area contributed by atoms with Crippen molar-refractivity contribution in [1.29, 1.82) is 0 Å². The second-order valence-corrected chi connectivity index (χ2v) is 3.48. The first-order valence-corrected chi connectivity index (χ1v) is 5.11. The number of primary amides is 1. The van der Waals surface area contributed by atoms with E-state index in [1.54, 1.807) is 18.5 Å². The van der Waals surface area contributed by atoms with Crippen LogP contribution in [0.2, 0.25) is 0 Å². The van der Waals surface area contributed by atoms with Gasteiger partial charge in [-0.2, -0.15) is 0 Å². The number of aromatic nitrogens is 1. The Labute approximate surface area is 98.7 Å². The van der Waals surface area contributed by atoms with E-state index in [1.807, 2.05) is 6.92 Å². The molecule has 1 aromatic rings. The SMILES string of the molecule is Cc1ccncc1C(NCCN=[N+]=[N-])C(N)=O. The van der Waals surface area contributed by atoms with Gasteiger partial charge in [0.15, 0.2) is 0 Å². The number of hydrogen-bond acceptors (Lipinski definition) is 4. The average molecular weight is 234 g/mol. The van der Waals surface area contributed by atoms with E-state index < -0.39 is 11.9 Å². The fourth-order valence-electron chi connectivity index (χ4n) is 1.45. The lowest BCUT2D eigenvalue weighted by atomic mass is 10.0. The largest absolute Gasteiger partial charge is 0.368 e. The zero-order valence-corrected chi connectivity index (χ0v) is 9.50. The summed E-state index contributed by atoms with van der Waals surface area (Å²) in [5.41, 5.74) is 15.1. The Balaban J connectivity index is 2.76. The molecule has 3 N–H and O–H groups in total. The van der Waals surface area contributed by atoms with Crippen molar-refractivity contribution in [3.05, 3.63) is 40.0 Å². The fraction of sp³-hybridized carbons (Fsp3) is 0.400. The van der Waals surface area contributed by atoms with Crippen LogP contribution in [0.15, 0.2) is 23.6 Å². The molecule has 17 heavy (non-hydrogen) atoms. The molecule has 0 spiro atoms. The van der Waals surface area contributed by atoms with Crippen LogP contribution in [0.5, 0.6) is 0 Å². The zero-order valence-electron chi connectivity index (χ0n) is 9.50. The van der Waals surface area contributed by atoms with E-state index >= 15 is 0 Å². The van der Waals surface area contributed by atoms with Crippen LogP contribution in [-0.4, -0.2) is 24.0 Å². The van der Waals surface area contributed by atoms with Crippen LogP contribution < -0.4 is 11.1 Å². The number of hydrogen-bond donors (Lipinski definition) is 2. The van der Waals surface area contributed by atoms with Gasteiger partial charge in [-0.25, -0.2) is 0 Å². The number of nitrogens with two attached hydrogens (primary N) is 1. The van der Waals surface area contributed by atoms with Crippen molar-refractivity contribution in [3.8, 4) is 0 Å². The van der Waals surface area contributed by atoms with Crippen LogP contribution in [0, 0.1) is 6.92 Å². The monoisotopic (exact) mass is 234 g/mol. The van der Waals surface area contributed by atoms with Crippen LogP contribution in [0.1, 0.15) is 17.2 Å². The number of nitrogens with zero attached hydrogens (tertiary/aromatic N) is 4. The van der Waals surface area contributed by atoms with E-state index in [0.717, 1.165) is 11.1 Å². The first-order chi connectivity index (χ1) is 8.16. The lowest BCUT2D eigenvalue weighted by Gasteiger charge is -2.16. The van der Waals surface area contributed by atoms with Gasteiger partial charge in [0.2, 0.25) is 5.91 Å². The van der Waals surface area contributed by atoms with Crippen molar-refractivity contribution >= 4 is 5.91 Å². The minimum atomic E-state index is -0.613. The number of carbonyl (C=O) groups excluding carboxylic acids is 1. The number of nitrogens with one attached hydrogen (secondary N) is 1. The number of pyridine rings is 1. The summed E-state index contributed by atoms with van der Waals surface area (Å²) in [6, 6.07) is 1.19. The van der Waals surface area contributed by atoms with Crippen molar-refractivity contribution in [2.75, 3.05) is 13.1 Å². The topological polar surface area (TPSA) is 117 Å². The molecule has 1 heterocycles. The number of carbonyl (C=O) groups is 1. The quantitative estimate of drug-likeness (QED) is 0.328. The molecule has 7 nitrogen and oxygen atoms in total. The molecular formula is C10H14N6O. The highest BCUT2D eigenvalue weighted by molar-refractivity contribution is 5.81. The molecule has 0 fully saturated rings. The van der Waals surface area contributed by atoms with E-state index in [9.17, 15) is 4.79 Å². The molecule has 90 valence electrons. The third-order valence-corrected chi connectivity index (χ3v) is 2.30. The maximum Gasteiger partial charge on any atom is 0.239 e. The van der Waals surface area contributed by atoms with E-state index in [1.165, 1.54) is 0 Å². The maximum absolute atomic E-state index is 11.3. The summed E-state index contributed by atoms with van der Waals surface area (Å²) < 4.78 is 0. The molecular weight excluding hydrogens is 220 g/mol. The van der Waals surface area contributed by atoms with Crippen LogP contribution in [0.25, 0.3) is 10.4 Å². The van der Waals surface area contributed by atoms with E-state index in [-0.39, 0.29) is 6.54 Å². The highest BCUT2D eigenvalue weighted by Crippen LogP contribution is 2.15. The van der Waals surface area contributed by atoms with Crippen LogP contribution in [0.3, 0.4) is 0 Å². The number of amides is 1. The van der Waals surface area contributed by atoms with Gasteiger partial charge in [0, 0.05) is 30.4 Å². The van der Waals surface area contributed by atoms with Gasteiger partial charge < -0.3 is 11.1 Å². The Morgan fingerprint density at radius 1 is 1.76 bits per heavy atom. The molecule has 0 aliphatic heterocycles. The molecule has 1 amide bonds. The highest BCUT2D eigenvalue weighted by Gasteiger charge is 2.18. The molecule has 0 saturated heterocycles. The Morgan fingerprint density at radius 2 is 2.53 bits per heavy atom. The number of rotatable bonds is 6. The summed E-state index contributed by atoms with van der Waals surface area (Å²) in [4.78, 5) is 17.9. The fourth-order valence-corrected chi connectivity index (χ4v) is 1.45. The van der Waals surface area contributed by atoms with E-state index in [0.29, 0.717) is 6.54 Å². The molecule has 0 radical (unpaired) electrons. The summed E-state index contributed by atoms with van der Waals surface area (Å²) >= 11 is 0. The molecule has 0 aliphatic carbocycles. The first-order valence-electron chi connectivity index (χ1n) is 5.11. The Hall–Kier alpha value is -2.11. The summed E-state index contributed by atoms with van der Waals surface area (Å²) in [6.07, 6.45) is 3.25. The highest BCUT2D eigenvalue weighted by atomic mass is 16.1. The molecule has 1 rings (SSSR count). The maximum atomic E-state index is 11.3. The second-order valence-electron chi connectivity index (χ2n) is 3.48. The molecule has 0 aliphatic rings. The lowest BCUT2D eigenvalue weighted by molar-refractivity contribution is -0.120. The Morgan fingerprint density at radius 3 is 3.12 bits per heavy atom. The summed E-state index contributed by atoms with van der Waals surface area (Å²) in [6.45, 7) is 2.52. The Bertz CT molecular complexity index is 440. The van der Waals surface area contributed by atoms with Gasteiger partial charge in [-0.1, -0.05) is 5.11 Å². The molecule has 0 bridgehead atoms. The van der Waals surface area contributed by atoms with Gasteiger partial charge in [0.25, 0.3) is 0 Å². The smallest absolute Gasteiger partial charge is 0.239 e. The van der Waals surface area contributed by atoms with Gasteiger partial charge in [-0.3, -0.25) is 9.78 Å². The van der Waals surface area contributed by atoms with Gasteiger partial charge in [0.05, 0.1) is 0 Å². The van der Waals surface area contributed by atoms with Crippen molar-refractivity contribution in [1.82, 2.24) is 10.3 Å². The second kappa shape index (κ2) is 6.47. The first kappa shape index (κ1) is 13.0. The van der Waals surface area contributed by atoms with Crippen LogP contribution >= 0.6 is 0 Å². The summed E-state index contributed by atoms with van der Waals surface area (Å²) in [5, 5.41) is 6.30. The van der Waals surface area contributed by atoms with Crippen molar-refractivity contribution < 1.29 is 4.79 Å². The summed E-state index contributed by atoms with van der Waals surface area (Å²) in [5.74, 6) is -0.484. The van der Waals surface area contributed by atoms with E-state index in [2.05, 4.69) is 20.3 Å². The van der Waals surface area contributed by atoms with Crippen molar-refractivity contribution in [2.45, 2.75) is 13.0 Å². The predicted octanol–water partition coefficient (Wildman–Crippen LogP) is 0.816. The summed E-state index contributed by atoms with van der Waals surface area (Å²) in [7, 11) is 0. The van der Waals surface area contributed by atoms with Gasteiger partial charge in [-0.05, 0) is 29.6 Å². The molecule has 0 saturated carbocycles. The van der Waals surface area contributed by atoms with Crippen LogP contribution in [0.4, 0.5) is 0 Å².